The Balaban J connectivity index is 2.22. The highest BCUT2D eigenvalue weighted by molar-refractivity contribution is 5.98. The molecule has 0 spiro atoms. The van der Waals surface area contributed by atoms with Gasteiger partial charge in [0.15, 0.2) is 0 Å². The van der Waals surface area contributed by atoms with E-state index in [0.717, 1.165) is 12.8 Å². The van der Waals surface area contributed by atoms with Crippen molar-refractivity contribution in [3.8, 4) is 0 Å². The zero-order valence-electron chi connectivity index (χ0n) is 11.8. The molecule has 2 heterocycles. The summed E-state index contributed by atoms with van der Waals surface area (Å²) in [6, 6.07) is 0.0379. The molecule has 108 valence electrons. The van der Waals surface area contributed by atoms with E-state index in [9.17, 15) is 19.8 Å². The lowest BCUT2D eigenvalue weighted by Gasteiger charge is -2.40. The van der Waals surface area contributed by atoms with Crippen molar-refractivity contribution in [3.63, 3.8) is 0 Å². The number of rotatable bonds is 2. The van der Waals surface area contributed by atoms with Crippen LogP contribution in [0.5, 0.6) is 0 Å². The van der Waals surface area contributed by atoms with E-state index in [1.165, 1.54) is 0 Å². The molecule has 0 aromatic rings. The van der Waals surface area contributed by atoms with Crippen LogP contribution in [0.4, 0.5) is 0 Å². The molecule has 0 radical (unpaired) electrons. The van der Waals surface area contributed by atoms with Crippen LogP contribution in [0, 0.1) is 11.3 Å². The van der Waals surface area contributed by atoms with E-state index in [2.05, 4.69) is 0 Å². The summed E-state index contributed by atoms with van der Waals surface area (Å²) in [7, 11) is 0. The normalized spacial score (nSPS) is 32.2. The largest absolute Gasteiger partial charge is 0.481 e. The number of hydrogen-bond donors (Lipinski definition) is 2. The molecule has 2 fully saturated rings. The van der Waals surface area contributed by atoms with E-state index in [4.69, 9.17) is 0 Å². The van der Waals surface area contributed by atoms with Crippen LogP contribution in [0.15, 0.2) is 0 Å². The number of hydrogen-bond acceptors (Lipinski definition) is 3. The number of piperidine rings is 1. The van der Waals surface area contributed by atoms with E-state index in [0.29, 0.717) is 12.8 Å². The maximum atomic E-state index is 12.6. The van der Waals surface area contributed by atoms with Crippen molar-refractivity contribution in [1.29, 1.82) is 0 Å². The van der Waals surface area contributed by atoms with Gasteiger partial charge in [0.25, 0.3) is 0 Å². The molecule has 2 saturated heterocycles. The molecule has 2 aliphatic heterocycles. The minimum Gasteiger partial charge on any atom is -0.481 e. The maximum Gasteiger partial charge on any atom is 0.316 e. The number of aliphatic carboxylic acids is 1. The number of nitrogens with zero attached hydrogens (tertiary/aromatic N) is 1. The Labute approximate surface area is 113 Å². The molecular formula is C14H23NO4. The molecule has 0 aromatic carbocycles. The molecule has 2 bridgehead atoms. The predicted molar refractivity (Wildman–Crippen MR) is 69.5 cm³/mol. The number of aliphatic hydroxyl groups excluding tert-OH is 1. The van der Waals surface area contributed by atoms with Gasteiger partial charge in [-0.2, -0.15) is 0 Å². The molecule has 3 atom stereocenters. The van der Waals surface area contributed by atoms with Gasteiger partial charge in [-0.15, -0.1) is 0 Å². The first-order valence-electron chi connectivity index (χ1n) is 6.95. The molecule has 2 aliphatic rings. The van der Waals surface area contributed by atoms with Crippen molar-refractivity contribution in [3.05, 3.63) is 0 Å². The molecule has 1 amide bonds. The zero-order chi connectivity index (χ0) is 14.4. The molecule has 5 heteroatoms. The van der Waals surface area contributed by atoms with Gasteiger partial charge >= 0.3 is 5.97 Å². The maximum absolute atomic E-state index is 12.6. The Kier molecular flexibility index (Phi) is 3.60. The first kappa shape index (κ1) is 14.3. The highest BCUT2D eigenvalue weighted by Gasteiger charge is 2.48. The molecule has 19 heavy (non-hydrogen) atoms. The number of carboxylic acid groups (broad SMARTS) is 1. The van der Waals surface area contributed by atoms with E-state index in [-0.39, 0.29) is 24.1 Å². The summed E-state index contributed by atoms with van der Waals surface area (Å²) >= 11 is 0. The third-order valence-corrected chi connectivity index (χ3v) is 4.32. The molecule has 5 nitrogen and oxygen atoms in total. The van der Waals surface area contributed by atoms with Crippen LogP contribution < -0.4 is 0 Å². The Morgan fingerprint density at radius 1 is 1.16 bits per heavy atom. The van der Waals surface area contributed by atoms with Gasteiger partial charge in [-0.3, -0.25) is 9.59 Å². The van der Waals surface area contributed by atoms with Crippen LogP contribution in [-0.4, -0.2) is 45.2 Å². The number of carbonyl (C=O) groups excluding carboxylic acids is 1. The first-order chi connectivity index (χ1) is 8.71. The Morgan fingerprint density at radius 3 is 2.00 bits per heavy atom. The summed E-state index contributed by atoms with van der Waals surface area (Å²) in [5.74, 6) is -2.34. The number of carboxylic acids is 1. The summed E-state index contributed by atoms with van der Waals surface area (Å²) < 4.78 is 0. The second-order valence-electron chi connectivity index (χ2n) is 6.89. The van der Waals surface area contributed by atoms with Crippen molar-refractivity contribution in [2.75, 3.05) is 0 Å². The molecular weight excluding hydrogens is 246 g/mol. The van der Waals surface area contributed by atoms with Gasteiger partial charge in [0.1, 0.15) is 5.92 Å². The molecule has 2 N–H and O–H groups in total. The van der Waals surface area contributed by atoms with Crippen LogP contribution in [0.25, 0.3) is 0 Å². The smallest absolute Gasteiger partial charge is 0.316 e. The number of amides is 1. The lowest BCUT2D eigenvalue weighted by molar-refractivity contribution is -0.159. The molecule has 0 saturated carbocycles. The molecule has 0 aliphatic carbocycles. The summed E-state index contributed by atoms with van der Waals surface area (Å²) in [6.07, 6.45) is 2.57. The van der Waals surface area contributed by atoms with Gasteiger partial charge in [0.2, 0.25) is 5.91 Å². The van der Waals surface area contributed by atoms with Crippen molar-refractivity contribution in [1.82, 2.24) is 4.90 Å². The number of fused-ring (bicyclic) bond motifs is 2. The van der Waals surface area contributed by atoms with Crippen LogP contribution in [0.1, 0.15) is 46.5 Å². The summed E-state index contributed by atoms with van der Waals surface area (Å²) in [6.45, 7) is 5.35. The quantitative estimate of drug-likeness (QED) is 0.740. The second kappa shape index (κ2) is 4.78. The van der Waals surface area contributed by atoms with Gasteiger partial charge in [-0.1, -0.05) is 20.8 Å². The fourth-order valence-electron chi connectivity index (χ4n) is 3.50. The number of aliphatic hydroxyl groups is 1. The van der Waals surface area contributed by atoms with Crippen LogP contribution >= 0.6 is 0 Å². The minimum atomic E-state index is -1.05. The Hall–Kier alpha value is -1.10. The third-order valence-electron chi connectivity index (χ3n) is 4.32. The monoisotopic (exact) mass is 269 g/mol. The minimum absolute atomic E-state index is 0.0189. The highest BCUT2D eigenvalue weighted by atomic mass is 16.4. The average Bonchev–Trinajstić information content (AvgIpc) is 2.48. The molecule has 0 aromatic heterocycles. The zero-order valence-corrected chi connectivity index (χ0v) is 11.8. The van der Waals surface area contributed by atoms with E-state index >= 15 is 0 Å². The van der Waals surface area contributed by atoms with E-state index < -0.39 is 17.3 Å². The molecule has 3 unspecified atom stereocenters. The van der Waals surface area contributed by atoms with Gasteiger partial charge in [0, 0.05) is 12.1 Å². The van der Waals surface area contributed by atoms with Crippen molar-refractivity contribution in [2.24, 2.45) is 11.3 Å². The second-order valence-corrected chi connectivity index (χ2v) is 6.89. The SMILES string of the molecule is CC(C)(C)C(C(=O)O)C(=O)N1C2CCC1CC(O)C2. The van der Waals surface area contributed by atoms with E-state index in [1.54, 1.807) is 25.7 Å². The Morgan fingerprint density at radius 2 is 1.63 bits per heavy atom. The molecule has 2 rings (SSSR count). The topological polar surface area (TPSA) is 77.8 Å². The third kappa shape index (κ3) is 2.61. The van der Waals surface area contributed by atoms with E-state index in [1.807, 2.05) is 0 Å². The van der Waals surface area contributed by atoms with Crippen molar-refractivity contribution in [2.45, 2.75) is 64.6 Å². The first-order valence-corrected chi connectivity index (χ1v) is 6.95. The number of carbonyl (C=O) groups is 2. The fourth-order valence-corrected chi connectivity index (χ4v) is 3.50. The van der Waals surface area contributed by atoms with Gasteiger partial charge < -0.3 is 15.1 Å². The Bertz CT molecular complexity index is 373. The standard InChI is InChI=1S/C14H23NO4/c1-14(2,3)11(13(18)19)12(17)15-8-4-5-9(15)7-10(16)6-8/h8-11,16H,4-7H2,1-3H3,(H,18,19). The van der Waals surface area contributed by atoms with Crippen molar-refractivity contribution < 1.29 is 19.8 Å². The fraction of sp³-hybridized carbons (Fsp3) is 0.857. The van der Waals surface area contributed by atoms with Crippen LogP contribution in [0.3, 0.4) is 0 Å². The van der Waals surface area contributed by atoms with Crippen molar-refractivity contribution >= 4 is 11.9 Å². The summed E-state index contributed by atoms with van der Waals surface area (Å²) in [5.41, 5.74) is -0.599. The predicted octanol–water partition coefficient (Wildman–Crippen LogP) is 1.25. The highest BCUT2D eigenvalue weighted by Crippen LogP contribution is 2.39. The van der Waals surface area contributed by atoms with Gasteiger partial charge in [0.05, 0.1) is 6.10 Å². The lowest BCUT2D eigenvalue weighted by atomic mass is 9.79. The van der Waals surface area contributed by atoms with Crippen LogP contribution in [-0.2, 0) is 9.59 Å². The van der Waals surface area contributed by atoms with Gasteiger partial charge in [-0.05, 0) is 31.1 Å². The lowest BCUT2D eigenvalue weighted by Crippen LogP contribution is -2.53. The average molecular weight is 269 g/mol. The summed E-state index contributed by atoms with van der Waals surface area (Å²) in [4.78, 5) is 25.8. The van der Waals surface area contributed by atoms with Crippen LogP contribution in [0.2, 0.25) is 0 Å². The summed E-state index contributed by atoms with van der Waals surface area (Å²) in [5, 5.41) is 19.1. The van der Waals surface area contributed by atoms with Gasteiger partial charge in [-0.25, -0.2) is 0 Å².